The van der Waals surface area contributed by atoms with Crippen molar-refractivity contribution in [2.75, 3.05) is 19.6 Å². The van der Waals surface area contributed by atoms with Gasteiger partial charge >= 0.3 is 0 Å². The standard InChI is InChI=1S/C11H14BrN3O3.ClH/c1-2-13-5-6-14-11(16)9-4-3-8(12)7-10(9)15(17)18;/h3-4,7,13H,2,5-6H2,1H3,(H,14,16);1H. The Kier molecular flexibility index (Phi) is 8.29. The zero-order valence-electron chi connectivity index (χ0n) is 10.3. The van der Waals surface area contributed by atoms with Crippen LogP contribution < -0.4 is 10.6 Å². The summed E-state index contributed by atoms with van der Waals surface area (Å²) in [5.74, 6) is -0.438. The lowest BCUT2D eigenvalue weighted by molar-refractivity contribution is -0.385. The lowest BCUT2D eigenvalue weighted by Crippen LogP contribution is -2.32. The van der Waals surface area contributed by atoms with E-state index in [9.17, 15) is 14.9 Å². The number of carbonyl (C=O) groups is 1. The second-order valence-corrected chi connectivity index (χ2v) is 4.44. The molecule has 1 amide bonds. The predicted octanol–water partition coefficient (Wildman–Crippen LogP) is 2.12. The molecule has 106 valence electrons. The molecule has 0 aromatic heterocycles. The van der Waals surface area contributed by atoms with Gasteiger partial charge in [-0.15, -0.1) is 12.4 Å². The molecule has 2 N–H and O–H groups in total. The first-order chi connectivity index (χ1) is 8.56. The molecule has 0 aliphatic rings. The Morgan fingerprint density at radius 1 is 1.42 bits per heavy atom. The molecule has 1 aromatic carbocycles. The summed E-state index contributed by atoms with van der Waals surface area (Å²) in [5, 5.41) is 16.5. The van der Waals surface area contributed by atoms with Gasteiger partial charge in [-0.25, -0.2) is 0 Å². The number of nitro groups is 1. The number of hydrogen-bond acceptors (Lipinski definition) is 4. The molecule has 19 heavy (non-hydrogen) atoms. The van der Waals surface area contributed by atoms with Crippen LogP contribution in [0, 0.1) is 10.1 Å². The highest BCUT2D eigenvalue weighted by Crippen LogP contribution is 2.23. The number of amides is 1. The predicted molar refractivity (Wildman–Crippen MR) is 78.9 cm³/mol. The monoisotopic (exact) mass is 351 g/mol. The minimum absolute atomic E-state index is 0. The van der Waals surface area contributed by atoms with E-state index in [-0.39, 0.29) is 23.7 Å². The van der Waals surface area contributed by atoms with Crippen LogP contribution in [-0.4, -0.2) is 30.5 Å². The van der Waals surface area contributed by atoms with Gasteiger partial charge in [0.2, 0.25) is 0 Å². The first-order valence-electron chi connectivity index (χ1n) is 5.49. The maximum atomic E-state index is 11.8. The van der Waals surface area contributed by atoms with Gasteiger partial charge in [0, 0.05) is 23.6 Å². The van der Waals surface area contributed by atoms with Crippen molar-refractivity contribution in [1.29, 1.82) is 0 Å². The number of rotatable bonds is 6. The Morgan fingerprint density at radius 3 is 2.68 bits per heavy atom. The van der Waals surface area contributed by atoms with Crippen molar-refractivity contribution < 1.29 is 9.72 Å². The van der Waals surface area contributed by atoms with Gasteiger partial charge in [0.05, 0.1) is 4.92 Å². The summed E-state index contributed by atoms with van der Waals surface area (Å²) >= 11 is 3.14. The third kappa shape index (κ3) is 5.54. The molecule has 0 aliphatic carbocycles. The third-order valence-corrected chi connectivity index (χ3v) is 2.73. The van der Waals surface area contributed by atoms with E-state index in [1.807, 2.05) is 6.92 Å². The van der Waals surface area contributed by atoms with Gasteiger partial charge in [0.15, 0.2) is 0 Å². The van der Waals surface area contributed by atoms with Crippen LogP contribution >= 0.6 is 28.3 Å². The summed E-state index contributed by atoms with van der Waals surface area (Å²) < 4.78 is 0.568. The van der Waals surface area contributed by atoms with Gasteiger partial charge in [0.25, 0.3) is 11.6 Å². The van der Waals surface area contributed by atoms with E-state index in [0.29, 0.717) is 17.6 Å². The number of halogens is 2. The summed E-state index contributed by atoms with van der Waals surface area (Å²) in [6.07, 6.45) is 0. The molecular weight excluding hydrogens is 337 g/mol. The maximum absolute atomic E-state index is 11.8. The van der Waals surface area contributed by atoms with Crippen molar-refractivity contribution in [2.24, 2.45) is 0 Å². The Hall–Kier alpha value is -1.18. The normalized spacial score (nSPS) is 9.58. The molecular formula is C11H15BrClN3O3. The first-order valence-corrected chi connectivity index (χ1v) is 6.28. The fourth-order valence-electron chi connectivity index (χ4n) is 1.38. The average Bonchev–Trinajstić information content (AvgIpc) is 2.34. The van der Waals surface area contributed by atoms with Gasteiger partial charge in [-0.05, 0) is 18.7 Å². The summed E-state index contributed by atoms with van der Waals surface area (Å²) in [4.78, 5) is 22.1. The molecule has 0 saturated heterocycles. The van der Waals surface area contributed by atoms with Crippen LogP contribution in [0.3, 0.4) is 0 Å². The van der Waals surface area contributed by atoms with Gasteiger partial charge in [-0.3, -0.25) is 14.9 Å². The number of likely N-dealkylation sites (N-methyl/N-ethyl adjacent to an activating group) is 1. The summed E-state index contributed by atoms with van der Waals surface area (Å²) in [7, 11) is 0. The molecule has 1 aromatic rings. The van der Waals surface area contributed by atoms with Crippen LogP contribution in [0.25, 0.3) is 0 Å². The molecule has 8 heteroatoms. The zero-order valence-corrected chi connectivity index (χ0v) is 12.7. The van der Waals surface area contributed by atoms with E-state index in [4.69, 9.17) is 0 Å². The molecule has 0 saturated carbocycles. The molecule has 0 spiro atoms. The highest BCUT2D eigenvalue weighted by molar-refractivity contribution is 9.10. The highest BCUT2D eigenvalue weighted by Gasteiger charge is 2.19. The summed E-state index contributed by atoms with van der Waals surface area (Å²) in [6, 6.07) is 4.36. The van der Waals surface area contributed by atoms with Crippen molar-refractivity contribution >= 4 is 39.9 Å². The fourth-order valence-corrected chi connectivity index (χ4v) is 1.73. The van der Waals surface area contributed by atoms with Crippen molar-refractivity contribution in [3.8, 4) is 0 Å². The van der Waals surface area contributed by atoms with E-state index in [1.54, 1.807) is 6.07 Å². The van der Waals surface area contributed by atoms with Crippen LogP contribution in [0.1, 0.15) is 17.3 Å². The zero-order chi connectivity index (χ0) is 13.5. The van der Waals surface area contributed by atoms with Crippen molar-refractivity contribution in [3.63, 3.8) is 0 Å². The largest absolute Gasteiger partial charge is 0.351 e. The lowest BCUT2D eigenvalue weighted by atomic mass is 10.1. The number of hydrogen-bond donors (Lipinski definition) is 2. The second-order valence-electron chi connectivity index (χ2n) is 3.53. The van der Waals surface area contributed by atoms with Crippen LogP contribution in [0.2, 0.25) is 0 Å². The van der Waals surface area contributed by atoms with Crippen LogP contribution in [-0.2, 0) is 0 Å². The molecule has 0 fully saturated rings. The van der Waals surface area contributed by atoms with Gasteiger partial charge in [0.1, 0.15) is 5.56 Å². The molecule has 1 rings (SSSR count). The van der Waals surface area contributed by atoms with Crippen LogP contribution in [0.5, 0.6) is 0 Å². The van der Waals surface area contributed by atoms with E-state index >= 15 is 0 Å². The van der Waals surface area contributed by atoms with Crippen molar-refractivity contribution in [1.82, 2.24) is 10.6 Å². The molecule has 0 unspecified atom stereocenters. The Morgan fingerprint density at radius 2 is 2.11 bits per heavy atom. The minimum Gasteiger partial charge on any atom is -0.351 e. The van der Waals surface area contributed by atoms with Gasteiger partial charge in [-0.1, -0.05) is 22.9 Å². The third-order valence-electron chi connectivity index (χ3n) is 2.24. The molecule has 0 aliphatic heterocycles. The maximum Gasteiger partial charge on any atom is 0.283 e. The lowest BCUT2D eigenvalue weighted by Gasteiger charge is -2.06. The van der Waals surface area contributed by atoms with Crippen LogP contribution in [0.15, 0.2) is 22.7 Å². The summed E-state index contributed by atoms with van der Waals surface area (Å²) in [5.41, 5.74) is -0.134. The number of carbonyl (C=O) groups excluding carboxylic acids is 1. The topological polar surface area (TPSA) is 84.3 Å². The number of nitrogens with one attached hydrogen (secondary N) is 2. The fraction of sp³-hybridized carbons (Fsp3) is 0.364. The molecule has 6 nitrogen and oxygen atoms in total. The van der Waals surface area contributed by atoms with E-state index in [1.165, 1.54) is 12.1 Å². The number of nitrogens with zero attached hydrogens (tertiary/aromatic N) is 1. The van der Waals surface area contributed by atoms with Gasteiger partial charge in [-0.2, -0.15) is 0 Å². The Balaban J connectivity index is 0.00000324. The SMILES string of the molecule is CCNCCNC(=O)c1ccc(Br)cc1[N+](=O)[O-].Cl. The number of benzene rings is 1. The smallest absolute Gasteiger partial charge is 0.283 e. The Labute approximate surface area is 125 Å². The van der Waals surface area contributed by atoms with Gasteiger partial charge < -0.3 is 10.6 Å². The van der Waals surface area contributed by atoms with E-state index in [0.717, 1.165) is 6.54 Å². The molecule has 0 radical (unpaired) electrons. The number of nitro benzene ring substituents is 1. The van der Waals surface area contributed by atoms with Crippen molar-refractivity contribution in [2.45, 2.75) is 6.92 Å². The Bertz CT molecular complexity index is 457. The second kappa shape index (κ2) is 8.84. The van der Waals surface area contributed by atoms with E-state index in [2.05, 4.69) is 26.6 Å². The highest BCUT2D eigenvalue weighted by atomic mass is 79.9. The molecule has 0 heterocycles. The average molecular weight is 353 g/mol. The molecule has 0 bridgehead atoms. The van der Waals surface area contributed by atoms with E-state index < -0.39 is 10.8 Å². The molecule has 0 atom stereocenters. The quantitative estimate of drug-likeness (QED) is 0.466. The minimum atomic E-state index is -0.566. The summed E-state index contributed by atoms with van der Waals surface area (Å²) in [6.45, 7) is 3.84. The van der Waals surface area contributed by atoms with Crippen molar-refractivity contribution in [3.05, 3.63) is 38.3 Å². The van der Waals surface area contributed by atoms with Crippen LogP contribution in [0.4, 0.5) is 5.69 Å². The first kappa shape index (κ1) is 17.8.